The molecule has 1 aromatic carbocycles. The molecule has 2 saturated heterocycles. The number of rotatable bonds is 13. The lowest BCUT2D eigenvalue weighted by atomic mass is 10.1. The fourth-order valence-electron chi connectivity index (χ4n) is 4.78. The first-order chi connectivity index (χ1) is 20.1. The molecule has 3 rings (SSSR count). The third-order valence-corrected chi connectivity index (χ3v) is 7.17. The van der Waals surface area contributed by atoms with E-state index in [1.54, 1.807) is 25.0 Å². The van der Waals surface area contributed by atoms with Gasteiger partial charge >= 0.3 is 12.3 Å². The molecule has 0 aromatic heterocycles. The maximum absolute atomic E-state index is 14.2. The molecular formula is C30H45F3N6O3. The minimum absolute atomic E-state index is 0.0151. The van der Waals surface area contributed by atoms with Crippen molar-refractivity contribution in [3.05, 3.63) is 47.3 Å². The number of ether oxygens (including phenoxy) is 2. The lowest BCUT2D eigenvalue weighted by Crippen LogP contribution is -2.44. The number of hydrogen-bond donors (Lipinski definition) is 2. The predicted octanol–water partition coefficient (Wildman–Crippen LogP) is 5.37. The number of carbonyl (C=O) groups excluding carboxylic acids is 1. The van der Waals surface area contributed by atoms with Crippen molar-refractivity contribution in [2.24, 2.45) is 4.99 Å². The second-order valence-corrected chi connectivity index (χ2v) is 10.6. The van der Waals surface area contributed by atoms with Crippen LogP contribution < -0.4 is 15.5 Å². The van der Waals surface area contributed by atoms with Gasteiger partial charge in [0.05, 0.1) is 18.8 Å². The zero-order valence-corrected chi connectivity index (χ0v) is 25.2. The molecule has 0 saturated carbocycles. The highest BCUT2D eigenvalue weighted by Crippen LogP contribution is 2.31. The molecule has 1 amide bonds. The number of alkyl halides is 3. The number of unbranched alkanes of at least 4 members (excludes halogenated alkanes) is 1. The fourth-order valence-corrected chi connectivity index (χ4v) is 4.78. The Morgan fingerprint density at radius 3 is 2.62 bits per heavy atom. The van der Waals surface area contributed by atoms with Crippen LogP contribution in [0.2, 0.25) is 0 Å². The number of amidine groups is 1. The predicted molar refractivity (Wildman–Crippen MR) is 161 cm³/mol. The molecule has 0 atom stereocenters. The molecule has 0 bridgehead atoms. The highest BCUT2D eigenvalue weighted by molar-refractivity contribution is 5.94. The van der Waals surface area contributed by atoms with Crippen molar-refractivity contribution in [1.29, 1.82) is 0 Å². The summed E-state index contributed by atoms with van der Waals surface area (Å²) in [5, 5.41) is 6.09. The van der Waals surface area contributed by atoms with Crippen LogP contribution in [0.25, 0.3) is 0 Å². The first-order valence-electron chi connectivity index (χ1n) is 14.6. The van der Waals surface area contributed by atoms with E-state index in [0.717, 1.165) is 55.7 Å². The number of allylic oxidation sites excluding steroid dienone is 2. The third kappa shape index (κ3) is 10.2. The molecule has 2 N–H and O–H groups in total. The first-order valence-corrected chi connectivity index (χ1v) is 14.6. The summed E-state index contributed by atoms with van der Waals surface area (Å²) >= 11 is 0. The molecule has 9 nitrogen and oxygen atoms in total. The van der Waals surface area contributed by atoms with Crippen LogP contribution in [0.5, 0.6) is 0 Å². The van der Waals surface area contributed by atoms with Gasteiger partial charge < -0.3 is 34.8 Å². The quantitative estimate of drug-likeness (QED) is 0.138. The minimum Gasteiger partial charge on any atom is -0.449 e. The van der Waals surface area contributed by atoms with E-state index in [-0.39, 0.29) is 18.3 Å². The summed E-state index contributed by atoms with van der Waals surface area (Å²) in [6.45, 7) is 9.39. The molecule has 0 unspecified atom stereocenters. The molecule has 2 heterocycles. The van der Waals surface area contributed by atoms with Gasteiger partial charge in [0.15, 0.2) is 0 Å². The van der Waals surface area contributed by atoms with E-state index in [9.17, 15) is 18.0 Å². The summed E-state index contributed by atoms with van der Waals surface area (Å²) < 4.78 is 53.0. The molecule has 2 fully saturated rings. The van der Waals surface area contributed by atoms with Crippen molar-refractivity contribution in [2.45, 2.75) is 52.3 Å². The van der Waals surface area contributed by atoms with Gasteiger partial charge in [-0.1, -0.05) is 19.4 Å². The van der Waals surface area contributed by atoms with Gasteiger partial charge in [0.1, 0.15) is 5.84 Å². The van der Waals surface area contributed by atoms with Crippen molar-refractivity contribution in [3.63, 3.8) is 0 Å². The van der Waals surface area contributed by atoms with Crippen molar-refractivity contribution in [3.8, 4) is 0 Å². The minimum atomic E-state index is -4.61. The number of amides is 1. The van der Waals surface area contributed by atoms with Crippen LogP contribution in [0.1, 0.15) is 45.1 Å². The number of piperazine rings is 1. The second kappa shape index (κ2) is 16.4. The van der Waals surface area contributed by atoms with Gasteiger partial charge in [-0.15, -0.1) is 0 Å². The first kappa shape index (κ1) is 33.3. The lowest BCUT2D eigenvalue weighted by molar-refractivity contribution is -0.0900. The standard InChI is InChI=1S/C30H45F3N6O3/c1-5-6-9-28(34-12-7-13-39-14-8-19-42-29(39)40)26(30(31,32)33)21-35-23(2)36-27-11-10-25(20-24(27)22-41-4)38-17-15-37(3)16-18-38/h9-11,20-21,34H,5-8,12-19,22H2,1-4H3,(H,35,36)/b26-21+,28-9-. The fraction of sp³-hybridized carbons (Fsp3) is 0.600. The van der Waals surface area contributed by atoms with Crippen molar-refractivity contribution < 1.29 is 27.4 Å². The second-order valence-electron chi connectivity index (χ2n) is 10.6. The van der Waals surface area contributed by atoms with Crippen LogP contribution in [0.15, 0.2) is 46.7 Å². The third-order valence-electron chi connectivity index (χ3n) is 7.17. The number of hydrogen-bond acceptors (Lipinski definition) is 7. The van der Waals surface area contributed by atoms with E-state index in [2.05, 4.69) is 38.5 Å². The Labute approximate surface area is 247 Å². The van der Waals surface area contributed by atoms with Crippen molar-refractivity contribution >= 4 is 23.3 Å². The number of cyclic esters (lactones) is 1. The summed E-state index contributed by atoms with van der Waals surface area (Å²) in [5.41, 5.74) is 1.85. The van der Waals surface area contributed by atoms with E-state index >= 15 is 0 Å². The average Bonchev–Trinajstić information content (AvgIpc) is 2.95. The number of aliphatic imine (C=N–C) groups is 1. The highest BCUT2D eigenvalue weighted by atomic mass is 19.4. The van der Waals surface area contributed by atoms with Gasteiger partial charge in [-0.3, -0.25) is 0 Å². The number of anilines is 2. The Bertz CT molecular complexity index is 1110. The number of carbonyl (C=O) groups is 1. The molecule has 0 aliphatic carbocycles. The smallest absolute Gasteiger partial charge is 0.419 e. The number of likely N-dealkylation sites (N-methyl/N-ethyl adjacent to an activating group) is 1. The topological polar surface area (TPSA) is 81.7 Å². The maximum atomic E-state index is 14.2. The molecule has 42 heavy (non-hydrogen) atoms. The number of nitrogens with one attached hydrogen (secondary N) is 2. The van der Waals surface area contributed by atoms with Gasteiger partial charge in [-0.25, -0.2) is 9.79 Å². The largest absolute Gasteiger partial charge is 0.449 e. The van der Waals surface area contributed by atoms with Crippen LogP contribution in [0.3, 0.4) is 0 Å². The summed E-state index contributed by atoms with van der Waals surface area (Å²) in [6, 6.07) is 5.98. The van der Waals surface area contributed by atoms with E-state index < -0.39 is 11.7 Å². The van der Waals surface area contributed by atoms with Gasteiger partial charge in [0.2, 0.25) is 0 Å². The zero-order chi connectivity index (χ0) is 30.5. The van der Waals surface area contributed by atoms with E-state index in [1.807, 2.05) is 19.1 Å². The molecule has 0 radical (unpaired) electrons. The van der Waals surface area contributed by atoms with E-state index in [4.69, 9.17) is 9.47 Å². The Hall–Kier alpha value is -3.25. The monoisotopic (exact) mass is 594 g/mol. The summed E-state index contributed by atoms with van der Waals surface area (Å²) in [6.07, 6.45) is -0.146. The van der Waals surface area contributed by atoms with Crippen LogP contribution in [-0.4, -0.2) is 94.5 Å². The highest BCUT2D eigenvalue weighted by Gasteiger charge is 2.36. The molecule has 12 heteroatoms. The SMILES string of the molecule is CCC/C=C(NCCCN1CCCOC1=O)/C(=C\N=C(C)Nc1ccc(N2CCN(C)CC2)cc1COC)C(F)(F)F. The Balaban J connectivity index is 1.73. The molecule has 2 aliphatic heterocycles. The molecule has 2 aliphatic rings. The summed E-state index contributed by atoms with van der Waals surface area (Å²) in [7, 11) is 3.72. The lowest BCUT2D eigenvalue weighted by Gasteiger charge is -2.34. The Morgan fingerprint density at radius 1 is 1.19 bits per heavy atom. The summed E-state index contributed by atoms with van der Waals surface area (Å²) in [5.74, 6) is 0.319. The van der Waals surface area contributed by atoms with E-state index in [0.29, 0.717) is 51.4 Å². The number of halogens is 3. The zero-order valence-electron chi connectivity index (χ0n) is 25.2. The molecule has 0 spiro atoms. The number of nitrogens with zero attached hydrogens (tertiary/aromatic N) is 4. The average molecular weight is 595 g/mol. The van der Waals surface area contributed by atoms with Gasteiger partial charge in [-0.2, -0.15) is 13.2 Å². The number of methoxy groups -OCH3 is 1. The van der Waals surface area contributed by atoms with Crippen LogP contribution in [0.4, 0.5) is 29.3 Å². The van der Waals surface area contributed by atoms with Gasteiger partial charge in [-0.05, 0) is 51.4 Å². The van der Waals surface area contributed by atoms with Crippen LogP contribution in [-0.2, 0) is 16.1 Å². The molecular weight excluding hydrogens is 549 g/mol. The van der Waals surface area contributed by atoms with Crippen molar-refractivity contribution in [1.82, 2.24) is 15.1 Å². The van der Waals surface area contributed by atoms with Gasteiger partial charge in [0, 0.05) is 81.8 Å². The van der Waals surface area contributed by atoms with Crippen LogP contribution in [0, 0.1) is 0 Å². The maximum Gasteiger partial charge on any atom is 0.419 e. The van der Waals surface area contributed by atoms with Crippen molar-refractivity contribution in [2.75, 3.05) is 76.8 Å². The Kier molecular flexibility index (Phi) is 13.0. The molecule has 234 valence electrons. The molecule has 1 aromatic rings. The number of benzene rings is 1. The summed E-state index contributed by atoms with van der Waals surface area (Å²) in [4.78, 5) is 22.2. The van der Waals surface area contributed by atoms with Gasteiger partial charge in [0.25, 0.3) is 0 Å². The van der Waals surface area contributed by atoms with E-state index in [1.165, 1.54) is 0 Å². The normalized spacial score (nSPS) is 17.9. The van der Waals surface area contributed by atoms with Crippen LogP contribution >= 0.6 is 0 Å². The Morgan fingerprint density at radius 2 is 1.95 bits per heavy atom.